The van der Waals surface area contributed by atoms with E-state index in [-0.39, 0.29) is 0 Å². The van der Waals surface area contributed by atoms with Crippen molar-refractivity contribution >= 4 is 8.07 Å². The van der Waals surface area contributed by atoms with Crippen LogP contribution in [0.3, 0.4) is 0 Å². The fourth-order valence-corrected chi connectivity index (χ4v) is 3.34. The number of rotatable bonds is 2. The molecule has 1 aromatic carbocycles. The van der Waals surface area contributed by atoms with E-state index in [9.17, 15) is 0 Å². The third-order valence-electron chi connectivity index (χ3n) is 3.58. The van der Waals surface area contributed by atoms with Crippen molar-refractivity contribution in [3.63, 3.8) is 0 Å². The Bertz CT molecular complexity index is 559. The molecule has 1 aromatic rings. The number of hydrogen-bond acceptors (Lipinski definition) is 0. The van der Waals surface area contributed by atoms with Gasteiger partial charge in [0.05, 0.1) is 8.07 Å². The van der Waals surface area contributed by atoms with Gasteiger partial charge in [-0.15, -0.1) is 0 Å². The predicted molar refractivity (Wildman–Crippen MR) is 91.3 cm³/mol. The summed E-state index contributed by atoms with van der Waals surface area (Å²) in [5.41, 5.74) is 2.60. The van der Waals surface area contributed by atoms with Crippen LogP contribution in [0.5, 0.6) is 0 Å². The molecular formula is C19H24Si. The first-order valence-electron chi connectivity index (χ1n) is 7.54. The van der Waals surface area contributed by atoms with Crippen LogP contribution in [0.4, 0.5) is 0 Å². The third-order valence-corrected chi connectivity index (χ3v) is 5.46. The summed E-state index contributed by atoms with van der Waals surface area (Å²) in [4.78, 5) is 0. The highest BCUT2D eigenvalue weighted by molar-refractivity contribution is 6.84. The zero-order valence-electron chi connectivity index (χ0n) is 12.9. The quantitative estimate of drug-likeness (QED) is 0.506. The van der Waals surface area contributed by atoms with Crippen molar-refractivity contribution < 1.29 is 0 Å². The lowest BCUT2D eigenvalue weighted by Gasteiger charge is -2.18. The first-order valence-corrected chi connectivity index (χ1v) is 11.0. The summed E-state index contributed by atoms with van der Waals surface area (Å²) in [6.07, 6.45) is 9.90. The van der Waals surface area contributed by atoms with Gasteiger partial charge >= 0.3 is 0 Å². The Morgan fingerprint density at radius 1 is 1.10 bits per heavy atom. The molecule has 0 spiro atoms. The maximum Gasteiger partial charge on any atom is 0.0884 e. The number of benzene rings is 1. The van der Waals surface area contributed by atoms with E-state index in [1.807, 2.05) is 18.2 Å². The molecule has 0 radical (unpaired) electrons. The first-order chi connectivity index (χ1) is 9.55. The second-order valence-corrected chi connectivity index (χ2v) is 11.5. The molecule has 0 aromatic heterocycles. The topological polar surface area (TPSA) is 0 Å². The normalized spacial score (nSPS) is 16.1. The standard InChI is InChI=1S/C19H24Si/c1-20(2,3)19(16-18-12-8-5-9-13-18)15-14-17-10-6-4-7-11-17/h4,6-7,10-12,16H,5,8-9,13H2,1-3H3/b19-16-. The van der Waals surface area contributed by atoms with Crippen LogP contribution < -0.4 is 0 Å². The molecule has 0 aliphatic heterocycles. The third kappa shape index (κ3) is 4.54. The Labute approximate surface area is 124 Å². The number of hydrogen-bond donors (Lipinski definition) is 0. The average Bonchev–Trinajstić information content (AvgIpc) is 2.44. The summed E-state index contributed by atoms with van der Waals surface area (Å²) >= 11 is 0. The van der Waals surface area contributed by atoms with Crippen LogP contribution in [-0.2, 0) is 0 Å². The Balaban J connectivity index is 2.28. The molecule has 1 aliphatic rings. The van der Waals surface area contributed by atoms with Crippen molar-refractivity contribution in [2.75, 3.05) is 0 Å². The SMILES string of the molecule is C[Si](C)(C)/C(C#Cc1ccccc1)=C\C1=CCCCC1. The van der Waals surface area contributed by atoms with Gasteiger partial charge in [0, 0.05) is 5.56 Å². The largest absolute Gasteiger partial charge is 0.0884 e. The fourth-order valence-electron chi connectivity index (χ4n) is 2.28. The summed E-state index contributed by atoms with van der Waals surface area (Å²) in [6, 6.07) is 10.3. The highest BCUT2D eigenvalue weighted by Gasteiger charge is 2.18. The molecule has 0 heterocycles. The van der Waals surface area contributed by atoms with Gasteiger partial charge < -0.3 is 0 Å². The molecule has 0 saturated heterocycles. The van der Waals surface area contributed by atoms with Crippen molar-refractivity contribution in [3.05, 3.63) is 58.8 Å². The lowest BCUT2D eigenvalue weighted by Crippen LogP contribution is -2.23. The molecule has 2 rings (SSSR count). The molecule has 0 unspecified atom stereocenters. The van der Waals surface area contributed by atoms with Crippen LogP contribution in [0.25, 0.3) is 0 Å². The summed E-state index contributed by atoms with van der Waals surface area (Å²) in [7, 11) is -1.38. The molecule has 1 aliphatic carbocycles. The van der Waals surface area contributed by atoms with Gasteiger partial charge in [-0.25, -0.2) is 0 Å². The van der Waals surface area contributed by atoms with Gasteiger partial charge in [-0.1, -0.05) is 67.4 Å². The zero-order chi connectivity index (χ0) is 14.4. The Hall–Kier alpha value is -1.52. The van der Waals surface area contributed by atoms with Crippen molar-refractivity contribution in [2.45, 2.75) is 45.3 Å². The van der Waals surface area contributed by atoms with E-state index in [2.05, 4.69) is 55.8 Å². The molecular weight excluding hydrogens is 256 g/mol. The molecule has 0 fully saturated rings. The minimum Gasteiger partial charge on any atom is -0.0813 e. The van der Waals surface area contributed by atoms with E-state index >= 15 is 0 Å². The van der Waals surface area contributed by atoms with Crippen LogP contribution in [-0.4, -0.2) is 8.07 Å². The van der Waals surface area contributed by atoms with Crippen molar-refractivity contribution in [2.24, 2.45) is 0 Å². The van der Waals surface area contributed by atoms with E-state index in [4.69, 9.17) is 0 Å². The summed E-state index contributed by atoms with van der Waals surface area (Å²) in [5.74, 6) is 6.79. The molecule has 0 amide bonds. The van der Waals surface area contributed by atoms with Crippen LogP contribution in [0.1, 0.15) is 31.2 Å². The molecule has 0 N–H and O–H groups in total. The maximum atomic E-state index is 3.46. The molecule has 1 heteroatoms. The fraction of sp³-hybridized carbons (Fsp3) is 0.368. The van der Waals surface area contributed by atoms with E-state index in [1.165, 1.54) is 36.5 Å². The van der Waals surface area contributed by atoms with Crippen LogP contribution in [0.15, 0.2) is 53.3 Å². The zero-order valence-corrected chi connectivity index (χ0v) is 13.9. The van der Waals surface area contributed by atoms with Crippen molar-refractivity contribution in [3.8, 4) is 11.8 Å². The highest BCUT2D eigenvalue weighted by atomic mass is 28.3. The monoisotopic (exact) mass is 280 g/mol. The van der Waals surface area contributed by atoms with Gasteiger partial charge in [0.1, 0.15) is 0 Å². The first kappa shape index (κ1) is 14.9. The van der Waals surface area contributed by atoms with Crippen molar-refractivity contribution in [1.29, 1.82) is 0 Å². The van der Waals surface area contributed by atoms with Gasteiger partial charge in [-0.05, 0) is 43.0 Å². The van der Waals surface area contributed by atoms with Crippen molar-refractivity contribution in [1.82, 2.24) is 0 Å². The summed E-state index contributed by atoms with van der Waals surface area (Å²) in [6.45, 7) is 7.13. The maximum absolute atomic E-state index is 3.46. The molecule has 0 bridgehead atoms. The molecule has 104 valence electrons. The van der Waals surface area contributed by atoms with Gasteiger partial charge in [0.15, 0.2) is 0 Å². The lowest BCUT2D eigenvalue weighted by molar-refractivity contribution is 0.712. The minimum atomic E-state index is -1.38. The van der Waals surface area contributed by atoms with E-state index in [0.29, 0.717) is 0 Å². The summed E-state index contributed by atoms with van der Waals surface area (Å²) < 4.78 is 0. The van der Waals surface area contributed by atoms with Gasteiger partial charge in [-0.3, -0.25) is 0 Å². The van der Waals surface area contributed by atoms with E-state index in [1.54, 1.807) is 0 Å². The average molecular weight is 280 g/mol. The molecule has 0 atom stereocenters. The second kappa shape index (κ2) is 6.77. The second-order valence-electron chi connectivity index (χ2n) is 6.45. The van der Waals surface area contributed by atoms with Crippen LogP contribution in [0, 0.1) is 11.8 Å². The Kier molecular flexibility index (Phi) is 5.03. The predicted octanol–water partition coefficient (Wildman–Crippen LogP) is 5.34. The van der Waals surface area contributed by atoms with E-state index < -0.39 is 8.07 Å². The highest BCUT2D eigenvalue weighted by Crippen LogP contribution is 2.23. The lowest BCUT2D eigenvalue weighted by atomic mass is 9.99. The number of allylic oxidation sites excluding steroid dienone is 4. The summed E-state index contributed by atoms with van der Waals surface area (Å²) in [5, 5.41) is 1.37. The van der Waals surface area contributed by atoms with Gasteiger partial charge in [0.25, 0.3) is 0 Å². The Morgan fingerprint density at radius 3 is 2.45 bits per heavy atom. The minimum absolute atomic E-state index is 1.11. The molecule has 0 nitrogen and oxygen atoms in total. The van der Waals surface area contributed by atoms with Gasteiger partial charge in [-0.2, -0.15) is 0 Å². The van der Waals surface area contributed by atoms with Crippen LogP contribution in [0.2, 0.25) is 19.6 Å². The van der Waals surface area contributed by atoms with Crippen LogP contribution >= 0.6 is 0 Å². The van der Waals surface area contributed by atoms with E-state index in [0.717, 1.165) is 5.56 Å². The smallest absolute Gasteiger partial charge is 0.0813 e. The van der Waals surface area contributed by atoms with Gasteiger partial charge in [0.2, 0.25) is 0 Å². The molecule has 0 saturated carbocycles. The molecule has 20 heavy (non-hydrogen) atoms. The Morgan fingerprint density at radius 2 is 1.85 bits per heavy atom.